The highest BCUT2D eigenvalue weighted by Gasteiger charge is 2.11. The quantitative estimate of drug-likeness (QED) is 0.614. The molecule has 0 atom stereocenters. The number of ketones is 1. The molecule has 0 fully saturated rings. The zero-order valence-electron chi connectivity index (χ0n) is 13.1. The number of nitrogens with zero attached hydrogens (tertiary/aromatic N) is 2. The van der Waals surface area contributed by atoms with E-state index in [9.17, 15) is 4.79 Å². The van der Waals surface area contributed by atoms with Crippen molar-refractivity contribution in [3.63, 3.8) is 0 Å². The smallest absolute Gasteiger partial charge is 0.176 e. The average Bonchev–Trinajstić information content (AvgIpc) is 2.51. The third-order valence-corrected chi connectivity index (χ3v) is 3.75. The van der Waals surface area contributed by atoms with E-state index in [2.05, 4.69) is 30.6 Å². The first kappa shape index (κ1) is 16.9. The van der Waals surface area contributed by atoms with E-state index in [0.29, 0.717) is 6.54 Å². The lowest BCUT2D eigenvalue weighted by Crippen LogP contribution is -2.33. The third kappa shape index (κ3) is 5.85. The first-order valence-electron chi connectivity index (χ1n) is 7.74. The van der Waals surface area contributed by atoms with Gasteiger partial charge in [-0.3, -0.25) is 9.69 Å². The molecular formula is C17H28N2O. The SMILES string of the molecule is CCN(CC)CCCN(CC)CC(=O)c1ccccc1. The van der Waals surface area contributed by atoms with E-state index in [1.807, 2.05) is 30.3 Å². The maximum absolute atomic E-state index is 12.2. The Morgan fingerprint density at radius 1 is 0.900 bits per heavy atom. The molecule has 0 saturated carbocycles. The molecule has 0 saturated heterocycles. The first-order valence-corrected chi connectivity index (χ1v) is 7.74. The summed E-state index contributed by atoms with van der Waals surface area (Å²) in [6.45, 7) is 12.3. The maximum Gasteiger partial charge on any atom is 0.176 e. The van der Waals surface area contributed by atoms with Gasteiger partial charge in [-0.1, -0.05) is 51.1 Å². The number of likely N-dealkylation sites (N-methyl/N-ethyl adjacent to an activating group) is 1. The molecule has 0 bridgehead atoms. The molecule has 3 heteroatoms. The molecule has 0 aliphatic carbocycles. The van der Waals surface area contributed by atoms with Crippen LogP contribution in [0.25, 0.3) is 0 Å². The van der Waals surface area contributed by atoms with Crippen molar-refractivity contribution in [2.24, 2.45) is 0 Å². The van der Waals surface area contributed by atoms with Crippen LogP contribution >= 0.6 is 0 Å². The van der Waals surface area contributed by atoms with Gasteiger partial charge in [0.25, 0.3) is 0 Å². The van der Waals surface area contributed by atoms with Gasteiger partial charge in [0, 0.05) is 5.56 Å². The van der Waals surface area contributed by atoms with Gasteiger partial charge in [-0.2, -0.15) is 0 Å². The highest BCUT2D eigenvalue weighted by Crippen LogP contribution is 2.03. The molecule has 3 nitrogen and oxygen atoms in total. The van der Waals surface area contributed by atoms with E-state index in [1.54, 1.807) is 0 Å². The molecule has 0 radical (unpaired) electrons. The minimum atomic E-state index is 0.218. The molecule has 0 N–H and O–H groups in total. The van der Waals surface area contributed by atoms with Crippen LogP contribution in [0.3, 0.4) is 0 Å². The van der Waals surface area contributed by atoms with E-state index in [-0.39, 0.29) is 5.78 Å². The molecule has 0 aliphatic heterocycles. The molecule has 0 heterocycles. The molecule has 0 amide bonds. The van der Waals surface area contributed by atoms with Crippen molar-refractivity contribution in [2.45, 2.75) is 27.2 Å². The number of rotatable bonds is 10. The third-order valence-electron chi connectivity index (χ3n) is 3.75. The maximum atomic E-state index is 12.2. The van der Waals surface area contributed by atoms with E-state index >= 15 is 0 Å². The Morgan fingerprint density at radius 3 is 2.00 bits per heavy atom. The number of Topliss-reactive ketones (excluding diaryl/α,β-unsaturated/α-hetero) is 1. The van der Waals surface area contributed by atoms with E-state index in [4.69, 9.17) is 0 Å². The summed E-state index contributed by atoms with van der Waals surface area (Å²) >= 11 is 0. The van der Waals surface area contributed by atoms with Gasteiger partial charge in [0.1, 0.15) is 0 Å². The van der Waals surface area contributed by atoms with Crippen LogP contribution in [-0.4, -0.2) is 54.9 Å². The Kier molecular flexibility index (Phi) is 8.16. The topological polar surface area (TPSA) is 23.6 Å². The van der Waals surface area contributed by atoms with Crippen molar-refractivity contribution < 1.29 is 4.79 Å². The second-order valence-corrected chi connectivity index (χ2v) is 5.04. The van der Waals surface area contributed by atoms with Gasteiger partial charge < -0.3 is 4.90 Å². The Hall–Kier alpha value is -1.19. The zero-order valence-corrected chi connectivity index (χ0v) is 13.1. The van der Waals surface area contributed by atoms with Crippen LogP contribution < -0.4 is 0 Å². The van der Waals surface area contributed by atoms with Crippen LogP contribution in [0.15, 0.2) is 30.3 Å². The normalized spacial score (nSPS) is 11.2. The van der Waals surface area contributed by atoms with Crippen molar-refractivity contribution in [3.8, 4) is 0 Å². The fourth-order valence-electron chi connectivity index (χ4n) is 2.33. The van der Waals surface area contributed by atoms with Crippen LogP contribution in [0.1, 0.15) is 37.6 Å². The fraction of sp³-hybridized carbons (Fsp3) is 0.588. The minimum Gasteiger partial charge on any atom is -0.304 e. The van der Waals surface area contributed by atoms with Gasteiger partial charge in [0.15, 0.2) is 5.78 Å². The minimum absolute atomic E-state index is 0.218. The summed E-state index contributed by atoms with van der Waals surface area (Å²) in [4.78, 5) is 16.8. The number of hydrogen-bond acceptors (Lipinski definition) is 3. The summed E-state index contributed by atoms with van der Waals surface area (Å²) in [5, 5.41) is 0. The Labute approximate surface area is 123 Å². The molecule has 1 rings (SSSR count). The number of benzene rings is 1. The lowest BCUT2D eigenvalue weighted by atomic mass is 10.1. The lowest BCUT2D eigenvalue weighted by Gasteiger charge is -2.22. The Bertz CT molecular complexity index is 374. The molecule has 0 aliphatic rings. The molecule has 0 aromatic heterocycles. The van der Waals surface area contributed by atoms with Crippen LogP contribution in [0.4, 0.5) is 0 Å². The van der Waals surface area contributed by atoms with Gasteiger partial charge in [0.2, 0.25) is 0 Å². The Balaban J connectivity index is 2.37. The summed E-state index contributed by atoms with van der Waals surface area (Å²) in [5.74, 6) is 0.218. The molecule has 0 unspecified atom stereocenters. The van der Waals surface area contributed by atoms with Gasteiger partial charge in [0.05, 0.1) is 6.54 Å². The highest BCUT2D eigenvalue weighted by atomic mass is 16.1. The summed E-state index contributed by atoms with van der Waals surface area (Å²) < 4.78 is 0. The van der Waals surface area contributed by atoms with Crippen LogP contribution in [0, 0.1) is 0 Å². The highest BCUT2D eigenvalue weighted by molar-refractivity contribution is 5.97. The summed E-state index contributed by atoms with van der Waals surface area (Å²) in [5.41, 5.74) is 0.815. The van der Waals surface area contributed by atoms with E-state index in [1.165, 1.54) is 0 Å². The van der Waals surface area contributed by atoms with Gasteiger partial charge in [-0.25, -0.2) is 0 Å². The predicted octanol–water partition coefficient (Wildman–Crippen LogP) is 2.92. The standard InChI is InChI=1S/C17H28N2O/c1-4-18(5-2)13-10-14-19(6-3)15-17(20)16-11-8-7-9-12-16/h7-9,11-12H,4-6,10,13-15H2,1-3H3. The molecule has 0 spiro atoms. The van der Waals surface area contributed by atoms with Crippen LogP contribution in [0.2, 0.25) is 0 Å². The fourth-order valence-corrected chi connectivity index (χ4v) is 2.33. The van der Waals surface area contributed by atoms with Crippen molar-refractivity contribution in [1.29, 1.82) is 0 Å². The monoisotopic (exact) mass is 276 g/mol. The number of carbonyl (C=O) groups excluding carboxylic acids is 1. The summed E-state index contributed by atoms with van der Waals surface area (Å²) in [6, 6.07) is 9.57. The number of hydrogen-bond donors (Lipinski definition) is 0. The van der Waals surface area contributed by atoms with Crippen molar-refractivity contribution in [2.75, 3.05) is 39.3 Å². The molecular weight excluding hydrogens is 248 g/mol. The van der Waals surface area contributed by atoms with Gasteiger partial charge >= 0.3 is 0 Å². The molecule has 1 aromatic carbocycles. The average molecular weight is 276 g/mol. The predicted molar refractivity (Wildman–Crippen MR) is 85.3 cm³/mol. The van der Waals surface area contributed by atoms with Crippen molar-refractivity contribution in [3.05, 3.63) is 35.9 Å². The van der Waals surface area contributed by atoms with Crippen molar-refractivity contribution in [1.82, 2.24) is 9.80 Å². The van der Waals surface area contributed by atoms with Gasteiger partial charge in [-0.05, 0) is 39.1 Å². The zero-order chi connectivity index (χ0) is 14.8. The molecule has 112 valence electrons. The number of carbonyl (C=O) groups is 1. The van der Waals surface area contributed by atoms with E-state index in [0.717, 1.165) is 44.7 Å². The second-order valence-electron chi connectivity index (χ2n) is 5.04. The van der Waals surface area contributed by atoms with Crippen LogP contribution in [-0.2, 0) is 0 Å². The van der Waals surface area contributed by atoms with E-state index < -0.39 is 0 Å². The summed E-state index contributed by atoms with van der Waals surface area (Å²) in [7, 11) is 0. The molecule has 1 aromatic rings. The first-order chi connectivity index (χ1) is 9.71. The Morgan fingerprint density at radius 2 is 1.45 bits per heavy atom. The van der Waals surface area contributed by atoms with Crippen molar-refractivity contribution >= 4 is 5.78 Å². The second kappa shape index (κ2) is 9.67. The largest absolute Gasteiger partial charge is 0.304 e. The van der Waals surface area contributed by atoms with Crippen LogP contribution in [0.5, 0.6) is 0 Å². The summed E-state index contributed by atoms with van der Waals surface area (Å²) in [6.07, 6.45) is 1.12. The van der Waals surface area contributed by atoms with Gasteiger partial charge in [-0.15, -0.1) is 0 Å². The molecule has 20 heavy (non-hydrogen) atoms. The lowest BCUT2D eigenvalue weighted by molar-refractivity contribution is 0.0930.